The van der Waals surface area contributed by atoms with Gasteiger partial charge in [0.15, 0.2) is 0 Å². The summed E-state index contributed by atoms with van der Waals surface area (Å²) in [6, 6.07) is 91.7. The van der Waals surface area contributed by atoms with Gasteiger partial charge in [0, 0.05) is 65.2 Å². The SMILES string of the molecule is c1ccc(-c2ccc(-n3c4ccc(N(c5ccccc5)c5cccc6ccccc56)cc4c4cc5ccc6cc7c8ccccc8sc7c7c6c5c(c43)n7-c3cccc(-c4ccccc4)c3)cc2)cc1. The van der Waals surface area contributed by atoms with Gasteiger partial charge in [-0.3, -0.25) is 0 Å². The number of aromatic nitrogens is 2. The predicted octanol–water partition coefficient (Wildman–Crippen LogP) is 18.8. The molecule has 0 fully saturated rings. The van der Waals surface area contributed by atoms with Crippen molar-refractivity contribution in [1.82, 2.24) is 9.13 Å². The number of hydrogen-bond donors (Lipinski definition) is 0. The molecule has 15 rings (SSSR count). The van der Waals surface area contributed by atoms with Crippen LogP contribution in [-0.4, -0.2) is 9.13 Å². The van der Waals surface area contributed by atoms with Crippen LogP contribution in [0.15, 0.2) is 249 Å². The maximum Gasteiger partial charge on any atom is 0.0795 e. The molecule has 0 N–H and O–H groups in total. The minimum Gasteiger partial charge on any atom is -0.310 e. The summed E-state index contributed by atoms with van der Waals surface area (Å²) in [5.74, 6) is 0. The first kappa shape index (κ1) is 39.1. The Balaban J connectivity index is 1.11. The Labute approximate surface area is 407 Å². The van der Waals surface area contributed by atoms with Gasteiger partial charge >= 0.3 is 0 Å². The number of benzene rings is 12. The van der Waals surface area contributed by atoms with E-state index in [-0.39, 0.29) is 0 Å². The fraction of sp³-hybridized carbons (Fsp3) is 0. The third kappa shape index (κ3) is 5.81. The molecule has 0 aliphatic heterocycles. The lowest BCUT2D eigenvalue weighted by Gasteiger charge is -2.27. The molecule has 0 saturated heterocycles. The Morgan fingerprint density at radius 1 is 0.314 bits per heavy atom. The second-order valence-corrected chi connectivity index (χ2v) is 19.5. The maximum atomic E-state index is 2.62. The van der Waals surface area contributed by atoms with Crippen molar-refractivity contribution in [3.8, 4) is 33.6 Å². The van der Waals surface area contributed by atoms with Crippen LogP contribution in [0.2, 0.25) is 0 Å². The van der Waals surface area contributed by atoms with Gasteiger partial charge in [0.1, 0.15) is 0 Å². The smallest absolute Gasteiger partial charge is 0.0795 e. The standard InChI is InChI=1S/C66H41N3S/c1-4-16-42(17-5-1)44-32-34-50(35-33-44)68-59-37-36-52(67(49-23-8-3-9-24-49)58-28-15-21-45-20-10-11-26-53(45)58)41-55(59)56-39-47-30-31-48-40-57-54-27-12-13-29-60(54)70-66(57)65-62(48)61(47)64(63(56)68)69(65)51-25-14-22-46(38-51)43-18-6-2-7-19-43/h1-41H. The van der Waals surface area contributed by atoms with E-state index in [1.165, 1.54) is 102 Å². The maximum absolute atomic E-state index is 2.62. The van der Waals surface area contributed by atoms with Gasteiger partial charge in [-0.25, -0.2) is 0 Å². The summed E-state index contributed by atoms with van der Waals surface area (Å²) in [6.07, 6.45) is 0. The summed E-state index contributed by atoms with van der Waals surface area (Å²) >= 11 is 1.91. The number of hydrogen-bond acceptors (Lipinski definition) is 2. The molecular formula is C66H41N3S. The molecular weight excluding hydrogens is 867 g/mol. The molecule has 0 atom stereocenters. The number of para-hydroxylation sites is 1. The Morgan fingerprint density at radius 3 is 1.71 bits per heavy atom. The Morgan fingerprint density at radius 2 is 0.929 bits per heavy atom. The zero-order valence-electron chi connectivity index (χ0n) is 37.9. The van der Waals surface area contributed by atoms with Gasteiger partial charge in [-0.2, -0.15) is 0 Å². The van der Waals surface area contributed by atoms with Crippen LogP contribution in [-0.2, 0) is 0 Å². The molecule has 15 aromatic rings. The fourth-order valence-electron chi connectivity index (χ4n) is 11.5. The number of rotatable bonds is 7. The molecule has 0 spiro atoms. The van der Waals surface area contributed by atoms with Crippen molar-refractivity contribution in [2.24, 2.45) is 0 Å². The molecule has 0 bridgehead atoms. The fourth-order valence-corrected chi connectivity index (χ4v) is 12.7. The first-order chi connectivity index (χ1) is 34.7. The Kier molecular flexibility index (Phi) is 8.53. The van der Waals surface area contributed by atoms with Crippen LogP contribution < -0.4 is 4.90 Å². The van der Waals surface area contributed by atoms with Crippen LogP contribution in [0, 0.1) is 0 Å². The van der Waals surface area contributed by atoms with E-state index < -0.39 is 0 Å². The highest BCUT2D eigenvalue weighted by Crippen LogP contribution is 2.51. The molecule has 3 nitrogen and oxygen atoms in total. The van der Waals surface area contributed by atoms with Gasteiger partial charge in [-0.1, -0.05) is 170 Å². The summed E-state index contributed by atoms with van der Waals surface area (Å²) in [6.45, 7) is 0. The van der Waals surface area contributed by atoms with Gasteiger partial charge in [0.05, 0.1) is 32.5 Å². The average molecular weight is 908 g/mol. The highest BCUT2D eigenvalue weighted by Gasteiger charge is 2.28. The van der Waals surface area contributed by atoms with Gasteiger partial charge < -0.3 is 14.0 Å². The second-order valence-electron chi connectivity index (χ2n) is 18.5. The minimum atomic E-state index is 1.10. The molecule has 3 heterocycles. The summed E-state index contributed by atoms with van der Waals surface area (Å²) in [4.78, 5) is 2.43. The van der Waals surface area contributed by atoms with E-state index in [2.05, 4.69) is 263 Å². The topological polar surface area (TPSA) is 13.1 Å². The number of anilines is 3. The van der Waals surface area contributed by atoms with Crippen LogP contribution in [0.25, 0.3) is 119 Å². The van der Waals surface area contributed by atoms with Crippen LogP contribution in [0.1, 0.15) is 0 Å². The Hall–Kier alpha value is -8.96. The summed E-state index contributed by atoms with van der Waals surface area (Å²) < 4.78 is 7.78. The van der Waals surface area contributed by atoms with Crippen LogP contribution in [0.5, 0.6) is 0 Å². The second kappa shape index (κ2) is 15.3. The van der Waals surface area contributed by atoms with Gasteiger partial charge in [0.2, 0.25) is 0 Å². The van der Waals surface area contributed by atoms with Gasteiger partial charge in [-0.15, -0.1) is 11.3 Å². The van der Waals surface area contributed by atoms with E-state index >= 15 is 0 Å². The largest absolute Gasteiger partial charge is 0.310 e. The highest BCUT2D eigenvalue weighted by atomic mass is 32.1. The van der Waals surface area contributed by atoms with Crippen LogP contribution in [0.3, 0.4) is 0 Å². The van der Waals surface area contributed by atoms with Crippen molar-refractivity contribution in [3.05, 3.63) is 249 Å². The first-order valence-electron chi connectivity index (χ1n) is 24.0. The summed E-state index contributed by atoms with van der Waals surface area (Å²) in [5, 5.41) is 12.5. The first-order valence-corrected chi connectivity index (χ1v) is 24.8. The molecule has 3 aromatic heterocycles. The molecule has 70 heavy (non-hydrogen) atoms. The normalized spacial score (nSPS) is 12.0. The summed E-state index contributed by atoms with van der Waals surface area (Å²) in [7, 11) is 0. The lowest BCUT2D eigenvalue weighted by atomic mass is 9.98. The van der Waals surface area contributed by atoms with Crippen molar-refractivity contribution in [3.63, 3.8) is 0 Å². The molecule has 4 heteroatoms. The molecule has 12 aromatic carbocycles. The summed E-state index contributed by atoms with van der Waals surface area (Å²) in [5.41, 5.74) is 15.2. The van der Waals surface area contributed by atoms with Crippen molar-refractivity contribution >= 4 is 114 Å². The third-order valence-electron chi connectivity index (χ3n) is 14.6. The Bertz CT molecular complexity index is 4500. The van der Waals surface area contributed by atoms with E-state index in [1.807, 2.05) is 11.3 Å². The third-order valence-corrected chi connectivity index (χ3v) is 15.8. The van der Waals surface area contributed by atoms with Crippen molar-refractivity contribution < 1.29 is 0 Å². The highest BCUT2D eigenvalue weighted by molar-refractivity contribution is 7.26. The number of nitrogens with zero attached hydrogens (tertiary/aromatic N) is 3. The molecule has 0 radical (unpaired) electrons. The number of fused-ring (bicyclic) bond motifs is 9. The molecule has 0 aliphatic rings. The van der Waals surface area contributed by atoms with Crippen molar-refractivity contribution in [1.29, 1.82) is 0 Å². The van der Waals surface area contributed by atoms with E-state index in [0.717, 1.165) is 34.0 Å². The van der Waals surface area contributed by atoms with E-state index in [0.29, 0.717) is 0 Å². The van der Waals surface area contributed by atoms with E-state index in [9.17, 15) is 0 Å². The zero-order chi connectivity index (χ0) is 45.9. The minimum absolute atomic E-state index is 1.10. The van der Waals surface area contributed by atoms with Crippen LogP contribution in [0.4, 0.5) is 17.1 Å². The molecule has 0 saturated carbocycles. The number of thiophene rings is 1. The van der Waals surface area contributed by atoms with E-state index in [4.69, 9.17) is 0 Å². The quantitative estimate of drug-likeness (QED) is 0.145. The molecule has 0 amide bonds. The van der Waals surface area contributed by atoms with Crippen molar-refractivity contribution in [2.75, 3.05) is 4.90 Å². The zero-order valence-corrected chi connectivity index (χ0v) is 38.7. The lowest BCUT2D eigenvalue weighted by Crippen LogP contribution is -2.10. The van der Waals surface area contributed by atoms with Crippen molar-refractivity contribution in [2.45, 2.75) is 0 Å². The van der Waals surface area contributed by atoms with Gasteiger partial charge in [0.25, 0.3) is 0 Å². The average Bonchev–Trinajstić information content (AvgIpc) is 4.10. The monoisotopic (exact) mass is 907 g/mol. The predicted molar refractivity (Wildman–Crippen MR) is 300 cm³/mol. The van der Waals surface area contributed by atoms with Gasteiger partial charge in [-0.05, 0) is 117 Å². The molecule has 0 unspecified atom stereocenters. The van der Waals surface area contributed by atoms with Crippen LogP contribution >= 0.6 is 11.3 Å². The molecule has 0 aliphatic carbocycles. The lowest BCUT2D eigenvalue weighted by molar-refractivity contribution is 1.15. The molecule has 326 valence electrons. The van der Waals surface area contributed by atoms with E-state index in [1.54, 1.807) is 0 Å².